The Labute approximate surface area is 211 Å². The molecule has 0 atom stereocenters. The zero-order valence-electron chi connectivity index (χ0n) is 19.6. The highest BCUT2D eigenvalue weighted by Gasteiger charge is 2.38. The van der Waals surface area contributed by atoms with Crippen molar-refractivity contribution in [2.24, 2.45) is 5.41 Å². The summed E-state index contributed by atoms with van der Waals surface area (Å²) in [6, 6.07) is 5.18. The third-order valence-electron chi connectivity index (χ3n) is 7.70. The summed E-state index contributed by atoms with van der Waals surface area (Å²) in [4.78, 5) is 43.4. The minimum Gasteiger partial charge on any atom is -0.343 e. The maximum Gasteiger partial charge on any atom is 0.246 e. The van der Waals surface area contributed by atoms with Gasteiger partial charge in [0.15, 0.2) is 0 Å². The molecule has 1 aliphatic carbocycles. The lowest BCUT2D eigenvalue weighted by Gasteiger charge is -2.39. The first-order chi connectivity index (χ1) is 16.3. The Morgan fingerprint density at radius 3 is 2.35 bits per heavy atom. The molecule has 2 heterocycles. The fourth-order valence-corrected chi connectivity index (χ4v) is 5.76. The zero-order valence-corrected chi connectivity index (χ0v) is 21.1. The van der Waals surface area contributed by atoms with Gasteiger partial charge in [0, 0.05) is 58.2 Å². The summed E-state index contributed by atoms with van der Waals surface area (Å²) in [5, 5.41) is 0.900. The van der Waals surface area contributed by atoms with E-state index in [1.54, 1.807) is 34.1 Å². The Bertz CT molecular complexity index is 949. The fourth-order valence-electron chi connectivity index (χ4n) is 5.46. The van der Waals surface area contributed by atoms with Crippen molar-refractivity contribution in [1.29, 1.82) is 0 Å². The number of halogens is 2. The standard InChI is InChI=1S/C26H33Cl2N3O3/c27-21-5-3-20(19-22(21)28)4-6-23(32)29-13-7-24(33)30(18-17-29)14-8-25(34)31-15-11-26(12-16-31)9-1-2-10-26/h3-6,19H,1-2,7-18H2. The Morgan fingerprint density at radius 1 is 0.912 bits per heavy atom. The first kappa shape index (κ1) is 25.1. The maximum absolute atomic E-state index is 12.8. The van der Waals surface area contributed by atoms with Crippen molar-refractivity contribution in [2.75, 3.05) is 39.3 Å². The van der Waals surface area contributed by atoms with Crippen LogP contribution >= 0.6 is 23.2 Å². The van der Waals surface area contributed by atoms with E-state index in [0.29, 0.717) is 48.1 Å². The van der Waals surface area contributed by atoms with Gasteiger partial charge in [0.2, 0.25) is 17.7 Å². The molecular formula is C26H33Cl2N3O3. The number of hydrogen-bond donors (Lipinski definition) is 0. The quantitative estimate of drug-likeness (QED) is 0.547. The van der Waals surface area contributed by atoms with Crippen LogP contribution in [-0.2, 0) is 14.4 Å². The Morgan fingerprint density at radius 2 is 1.65 bits per heavy atom. The summed E-state index contributed by atoms with van der Waals surface area (Å²) in [6.45, 7) is 3.39. The highest BCUT2D eigenvalue weighted by Crippen LogP contribution is 2.46. The Hall–Kier alpha value is -2.05. The fraction of sp³-hybridized carbons (Fsp3) is 0.577. The highest BCUT2D eigenvalue weighted by molar-refractivity contribution is 6.42. The monoisotopic (exact) mass is 505 g/mol. The molecule has 1 aromatic carbocycles. The van der Waals surface area contributed by atoms with E-state index >= 15 is 0 Å². The topological polar surface area (TPSA) is 60.9 Å². The van der Waals surface area contributed by atoms with E-state index in [4.69, 9.17) is 23.2 Å². The molecule has 2 aliphatic heterocycles. The van der Waals surface area contributed by atoms with Crippen LogP contribution in [0.5, 0.6) is 0 Å². The first-order valence-corrected chi connectivity index (χ1v) is 13.1. The van der Waals surface area contributed by atoms with Crippen molar-refractivity contribution in [3.05, 3.63) is 39.9 Å². The number of benzene rings is 1. The molecule has 3 aliphatic rings. The molecule has 6 nitrogen and oxygen atoms in total. The molecule has 8 heteroatoms. The summed E-state index contributed by atoms with van der Waals surface area (Å²) < 4.78 is 0. The molecule has 4 rings (SSSR count). The van der Waals surface area contributed by atoms with Crippen molar-refractivity contribution in [2.45, 2.75) is 51.4 Å². The highest BCUT2D eigenvalue weighted by atomic mass is 35.5. The number of piperidine rings is 1. The van der Waals surface area contributed by atoms with Crippen molar-refractivity contribution in [1.82, 2.24) is 14.7 Å². The van der Waals surface area contributed by atoms with Crippen LogP contribution in [0.2, 0.25) is 10.0 Å². The predicted molar refractivity (Wildman–Crippen MR) is 135 cm³/mol. The number of amides is 3. The van der Waals surface area contributed by atoms with E-state index in [-0.39, 0.29) is 24.1 Å². The lowest BCUT2D eigenvalue weighted by molar-refractivity contribution is -0.135. The van der Waals surface area contributed by atoms with Gasteiger partial charge >= 0.3 is 0 Å². The molecule has 0 bridgehead atoms. The summed E-state index contributed by atoms with van der Waals surface area (Å²) in [5.74, 6) is -0.00606. The van der Waals surface area contributed by atoms with E-state index in [2.05, 4.69) is 0 Å². The van der Waals surface area contributed by atoms with E-state index in [0.717, 1.165) is 31.5 Å². The van der Waals surface area contributed by atoms with Gasteiger partial charge in [-0.1, -0.05) is 42.1 Å². The predicted octanol–water partition coefficient (Wildman–Crippen LogP) is 4.64. The smallest absolute Gasteiger partial charge is 0.246 e. The molecule has 0 radical (unpaired) electrons. The molecule has 1 saturated carbocycles. The van der Waals surface area contributed by atoms with Gasteiger partial charge in [0.05, 0.1) is 10.0 Å². The van der Waals surface area contributed by atoms with Crippen molar-refractivity contribution < 1.29 is 14.4 Å². The molecule has 1 spiro atoms. The van der Waals surface area contributed by atoms with Crippen LogP contribution in [0.1, 0.15) is 56.9 Å². The average Bonchev–Trinajstić information content (AvgIpc) is 3.20. The molecule has 0 aromatic heterocycles. The second-order valence-corrected chi connectivity index (χ2v) is 10.6. The lowest BCUT2D eigenvalue weighted by atomic mass is 9.77. The van der Waals surface area contributed by atoms with E-state index in [1.165, 1.54) is 31.8 Å². The van der Waals surface area contributed by atoms with E-state index in [1.807, 2.05) is 4.90 Å². The normalized spacial score (nSPS) is 20.9. The molecule has 0 unspecified atom stereocenters. The second kappa shape index (κ2) is 11.1. The first-order valence-electron chi connectivity index (χ1n) is 12.3. The minimum absolute atomic E-state index is 0.000107. The Kier molecular flexibility index (Phi) is 8.20. The molecule has 3 amide bonds. The van der Waals surface area contributed by atoms with Gasteiger partial charge in [0.1, 0.15) is 0 Å². The van der Waals surface area contributed by atoms with E-state index in [9.17, 15) is 14.4 Å². The van der Waals surface area contributed by atoms with Crippen LogP contribution in [0, 0.1) is 5.41 Å². The van der Waals surface area contributed by atoms with Crippen LogP contribution in [0.3, 0.4) is 0 Å². The number of carbonyl (C=O) groups is 3. The number of nitrogens with zero attached hydrogens (tertiary/aromatic N) is 3. The molecule has 34 heavy (non-hydrogen) atoms. The zero-order chi connectivity index (χ0) is 24.1. The van der Waals surface area contributed by atoms with Gasteiger partial charge in [-0.3, -0.25) is 14.4 Å². The molecule has 184 valence electrons. The number of carbonyl (C=O) groups excluding carboxylic acids is 3. The van der Waals surface area contributed by atoms with Crippen LogP contribution in [0.25, 0.3) is 6.08 Å². The third-order valence-corrected chi connectivity index (χ3v) is 8.44. The lowest BCUT2D eigenvalue weighted by Crippen LogP contribution is -2.44. The van der Waals surface area contributed by atoms with Gasteiger partial charge < -0.3 is 14.7 Å². The largest absolute Gasteiger partial charge is 0.343 e. The second-order valence-electron chi connectivity index (χ2n) is 9.80. The number of rotatable bonds is 5. The molecule has 1 aromatic rings. The third kappa shape index (κ3) is 6.14. The van der Waals surface area contributed by atoms with Gasteiger partial charge in [-0.2, -0.15) is 0 Å². The van der Waals surface area contributed by atoms with E-state index < -0.39 is 0 Å². The molecular weight excluding hydrogens is 473 g/mol. The SMILES string of the molecule is O=C(C=Cc1ccc(Cl)c(Cl)c1)N1CCC(=O)N(CCC(=O)N2CCC3(CCCC3)CC2)CC1. The number of likely N-dealkylation sites (tertiary alicyclic amines) is 1. The van der Waals surface area contributed by atoms with Gasteiger partial charge in [0.25, 0.3) is 0 Å². The van der Waals surface area contributed by atoms with Crippen molar-refractivity contribution in [3.63, 3.8) is 0 Å². The van der Waals surface area contributed by atoms with Crippen molar-refractivity contribution >= 4 is 47.0 Å². The number of hydrogen-bond acceptors (Lipinski definition) is 3. The average molecular weight is 506 g/mol. The molecule has 2 saturated heterocycles. The molecule has 3 fully saturated rings. The molecule has 0 N–H and O–H groups in total. The van der Waals surface area contributed by atoms with Crippen LogP contribution in [0.4, 0.5) is 0 Å². The van der Waals surface area contributed by atoms with Crippen LogP contribution < -0.4 is 0 Å². The van der Waals surface area contributed by atoms with Crippen LogP contribution in [0.15, 0.2) is 24.3 Å². The summed E-state index contributed by atoms with van der Waals surface area (Å²) in [6.07, 6.45) is 11.3. The maximum atomic E-state index is 12.8. The minimum atomic E-state index is -0.147. The summed E-state index contributed by atoms with van der Waals surface area (Å²) >= 11 is 12.0. The Balaban J connectivity index is 1.24. The summed E-state index contributed by atoms with van der Waals surface area (Å²) in [5.41, 5.74) is 1.27. The van der Waals surface area contributed by atoms with Gasteiger partial charge in [-0.05, 0) is 54.9 Å². The summed E-state index contributed by atoms with van der Waals surface area (Å²) in [7, 11) is 0. The van der Waals surface area contributed by atoms with Crippen molar-refractivity contribution in [3.8, 4) is 0 Å². The van der Waals surface area contributed by atoms with Gasteiger partial charge in [-0.15, -0.1) is 0 Å². The van der Waals surface area contributed by atoms with Gasteiger partial charge in [-0.25, -0.2) is 0 Å². The van der Waals surface area contributed by atoms with Crippen LogP contribution in [-0.4, -0.2) is 71.7 Å².